The van der Waals surface area contributed by atoms with Crippen LogP contribution in [0.3, 0.4) is 0 Å². The van der Waals surface area contributed by atoms with Gasteiger partial charge in [-0.1, -0.05) is 19.4 Å². The molecule has 6 heteroatoms. The van der Waals surface area contributed by atoms with Crippen molar-refractivity contribution in [3.8, 4) is 0 Å². The molecule has 0 saturated carbocycles. The van der Waals surface area contributed by atoms with E-state index >= 15 is 0 Å². The van der Waals surface area contributed by atoms with E-state index in [0.29, 0.717) is 17.3 Å². The van der Waals surface area contributed by atoms with Crippen LogP contribution in [0.5, 0.6) is 0 Å². The van der Waals surface area contributed by atoms with E-state index in [2.05, 4.69) is 27.1 Å². The van der Waals surface area contributed by atoms with Crippen LogP contribution in [0.1, 0.15) is 35.9 Å². The summed E-state index contributed by atoms with van der Waals surface area (Å²) in [4.78, 5) is 22.0. The van der Waals surface area contributed by atoms with Crippen molar-refractivity contribution in [2.75, 3.05) is 23.8 Å². The number of hydrogen-bond acceptors (Lipinski definition) is 5. The van der Waals surface area contributed by atoms with Gasteiger partial charge in [-0.2, -0.15) is 0 Å². The molecule has 1 aromatic carbocycles. The Morgan fingerprint density at radius 1 is 1.30 bits per heavy atom. The number of carboxylic acid groups (broad SMARTS) is 1. The van der Waals surface area contributed by atoms with Crippen molar-refractivity contribution in [3.63, 3.8) is 0 Å². The molecule has 1 heterocycles. The van der Waals surface area contributed by atoms with Gasteiger partial charge in [0.05, 0.1) is 5.56 Å². The molecule has 1 aromatic heterocycles. The van der Waals surface area contributed by atoms with Crippen LogP contribution in [-0.4, -0.2) is 34.6 Å². The highest BCUT2D eigenvalue weighted by atomic mass is 16.4. The summed E-state index contributed by atoms with van der Waals surface area (Å²) in [5.41, 5.74) is 0.922. The van der Waals surface area contributed by atoms with Crippen molar-refractivity contribution in [1.82, 2.24) is 9.97 Å². The molecule has 0 radical (unpaired) electrons. The Balaban J connectivity index is 2.21. The summed E-state index contributed by atoms with van der Waals surface area (Å²) < 4.78 is 0. The third-order valence-electron chi connectivity index (χ3n) is 3.44. The lowest BCUT2D eigenvalue weighted by atomic mass is 10.2. The van der Waals surface area contributed by atoms with Crippen LogP contribution in [0.4, 0.5) is 17.3 Å². The molecule has 2 aromatic rings. The summed E-state index contributed by atoms with van der Waals surface area (Å²) >= 11 is 0. The van der Waals surface area contributed by atoms with Gasteiger partial charge in [0.1, 0.15) is 17.5 Å². The summed E-state index contributed by atoms with van der Waals surface area (Å²) in [6.07, 6.45) is 2.23. The zero-order valence-electron chi connectivity index (χ0n) is 13.7. The van der Waals surface area contributed by atoms with Gasteiger partial charge in [-0.25, -0.2) is 14.8 Å². The van der Waals surface area contributed by atoms with Gasteiger partial charge in [0.2, 0.25) is 0 Å². The number of rotatable bonds is 7. The molecule has 0 atom stereocenters. The first-order valence-electron chi connectivity index (χ1n) is 7.67. The average Bonchev–Trinajstić information content (AvgIpc) is 2.52. The van der Waals surface area contributed by atoms with Crippen molar-refractivity contribution in [1.29, 1.82) is 0 Å². The summed E-state index contributed by atoms with van der Waals surface area (Å²) in [7, 11) is 2.01. The van der Waals surface area contributed by atoms with Crippen LogP contribution in [-0.2, 0) is 0 Å². The molecule has 0 amide bonds. The van der Waals surface area contributed by atoms with E-state index in [1.165, 1.54) is 0 Å². The first-order chi connectivity index (χ1) is 11.0. The lowest BCUT2D eigenvalue weighted by Gasteiger charge is -2.19. The molecule has 2 rings (SSSR count). The Morgan fingerprint density at radius 2 is 2.09 bits per heavy atom. The maximum absolute atomic E-state index is 11.0. The van der Waals surface area contributed by atoms with E-state index in [1.807, 2.05) is 26.1 Å². The number of anilines is 3. The summed E-state index contributed by atoms with van der Waals surface area (Å²) in [5, 5.41) is 12.2. The number of aromatic carboxylic acids is 1. The Bertz CT molecular complexity index is 688. The minimum absolute atomic E-state index is 0.237. The predicted octanol–water partition coefficient (Wildman–Crippen LogP) is 3.46. The van der Waals surface area contributed by atoms with Crippen LogP contribution in [0.2, 0.25) is 0 Å². The molecular weight excluding hydrogens is 292 g/mol. The molecule has 0 aliphatic rings. The lowest BCUT2D eigenvalue weighted by Crippen LogP contribution is -2.20. The quantitative estimate of drug-likeness (QED) is 0.815. The van der Waals surface area contributed by atoms with Crippen molar-refractivity contribution in [2.24, 2.45) is 0 Å². The van der Waals surface area contributed by atoms with Crippen molar-refractivity contribution >= 4 is 23.3 Å². The van der Waals surface area contributed by atoms with E-state index in [0.717, 1.165) is 25.2 Å². The Kier molecular flexibility index (Phi) is 5.51. The number of carbonyl (C=O) groups is 1. The van der Waals surface area contributed by atoms with Gasteiger partial charge in [0, 0.05) is 25.3 Å². The van der Waals surface area contributed by atoms with Gasteiger partial charge in [0.15, 0.2) is 0 Å². The Labute approximate surface area is 136 Å². The number of nitrogens with one attached hydrogen (secondary N) is 1. The van der Waals surface area contributed by atoms with Crippen molar-refractivity contribution in [2.45, 2.75) is 26.7 Å². The third kappa shape index (κ3) is 4.67. The second kappa shape index (κ2) is 7.58. The topological polar surface area (TPSA) is 78.4 Å². The van der Waals surface area contributed by atoms with Gasteiger partial charge < -0.3 is 15.3 Å². The third-order valence-corrected chi connectivity index (χ3v) is 3.44. The summed E-state index contributed by atoms with van der Waals surface area (Å²) in [6.45, 7) is 4.93. The monoisotopic (exact) mass is 314 g/mol. The fourth-order valence-electron chi connectivity index (χ4n) is 2.20. The van der Waals surface area contributed by atoms with Gasteiger partial charge in [0.25, 0.3) is 0 Å². The van der Waals surface area contributed by atoms with Gasteiger partial charge >= 0.3 is 5.97 Å². The SMILES string of the molecule is CCCCN(C)c1cc(Nc2cccc(C(=O)O)c2)nc(C)n1. The molecule has 6 nitrogen and oxygen atoms in total. The number of hydrogen-bond donors (Lipinski definition) is 2. The van der Waals surface area contributed by atoms with Crippen LogP contribution >= 0.6 is 0 Å². The highest BCUT2D eigenvalue weighted by molar-refractivity contribution is 5.89. The van der Waals surface area contributed by atoms with Crippen molar-refractivity contribution in [3.05, 3.63) is 41.7 Å². The molecule has 0 spiro atoms. The second-order valence-corrected chi connectivity index (χ2v) is 5.44. The molecule has 0 saturated heterocycles. The number of aryl methyl sites for hydroxylation is 1. The van der Waals surface area contributed by atoms with Gasteiger partial charge in [-0.05, 0) is 31.5 Å². The number of aromatic nitrogens is 2. The number of benzene rings is 1. The van der Waals surface area contributed by atoms with E-state index in [1.54, 1.807) is 18.2 Å². The van der Waals surface area contributed by atoms with E-state index in [9.17, 15) is 4.79 Å². The largest absolute Gasteiger partial charge is 0.478 e. The van der Waals surface area contributed by atoms with Crippen LogP contribution < -0.4 is 10.2 Å². The fourth-order valence-corrected chi connectivity index (χ4v) is 2.20. The molecule has 0 fully saturated rings. The smallest absolute Gasteiger partial charge is 0.335 e. The molecule has 23 heavy (non-hydrogen) atoms. The maximum Gasteiger partial charge on any atom is 0.335 e. The van der Waals surface area contributed by atoms with Gasteiger partial charge in [-0.15, -0.1) is 0 Å². The normalized spacial score (nSPS) is 10.4. The molecule has 2 N–H and O–H groups in total. The molecule has 0 aliphatic heterocycles. The summed E-state index contributed by atoms with van der Waals surface area (Å²) in [5.74, 6) is 1.22. The van der Waals surface area contributed by atoms with Gasteiger partial charge in [-0.3, -0.25) is 0 Å². The minimum Gasteiger partial charge on any atom is -0.478 e. The number of carboxylic acids is 1. The fraction of sp³-hybridized carbons (Fsp3) is 0.353. The first kappa shape index (κ1) is 16.7. The van der Waals surface area contributed by atoms with E-state index in [-0.39, 0.29) is 5.56 Å². The van der Waals surface area contributed by atoms with Crippen LogP contribution in [0, 0.1) is 6.92 Å². The van der Waals surface area contributed by atoms with Crippen LogP contribution in [0.15, 0.2) is 30.3 Å². The first-order valence-corrected chi connectivity index (χ1v) is 7.67. The zero-order chi connectivity index (χ0) is 16.8. The maximum atomic E-state index is 11.0. The number of nitrogens with zero attached hydrogens (tertiary/aromatic N) is 3. The van der Waals surface area contributed by atoms with Crippen LogP contribution in [0.25, 0.3) is 0 Å². The molecule has 0 bridgehead atoms. The molecule has 0 aliphatic carbocycles. The second-order valence-electron chi connectivity index (χ2n) is 5.44. The predicted molar refractivity (Wildman–Crippen MR) is 91.6 cm³/mol. The number of unbranched alkanes of at least 4 members (excludes halogenated alkanes) is 1. The highest BCUT2D eigenvalue weighted by Crippen LogP contribution is 2.20. The highest BCUT2D eigenvalue weighted by Gasteiger charge is 2.08. The Hall–Kier alpha value is -2.63. The minimum atomic E-state index is -0.951. The average molecular weight is 314 g/mol. The summed E-state index contributed by atoms with van der Waals surface area (Å²) in [6, 6.07) is 8.53. The molecule has 122 valence electrons. The van der Waals surface area contributed by atoms with Crippen molar-refractivity contribution < 1.29 is 9.90 Å². The van der Waals surface area contributed by atoms with E-state index in [4.69, 9.17) is 5.11 Å². The van der Waals surface area contributed by atoms with E-state index < -0.39 is 5.97 Å². The standard InChI is InChI=1S/C17H22N4O2/c1-4-5-9-21(3)16-11-15(18-12(2)19-16)20-14-8-6-7-13(10-14)17(22)23/h6-8,10-11H,4-5,9H2,1-3H3,(H,22,23)(H,18,19,20). The zero-order valence-corrected chi connectivity index (χ0v) is 13.7. The molecule has 0 unspecified atom stereocenters. The molecular formula is C17H22N4O2. The lowest BCUT2D eigenvalue weighted by molar-refractivity contribution is 0.0697. The Morgan fingerprint density at radius 3 is 2.78 bits per heavy atom.